The fraction of sp³-hybridized carbons (Fsp3) is 0.412. The number of rotatable bonds is 7. The summed E-state index contributed by atoms with van der Waals surface area (Å²) in [6, 6.07) is 12.3. The number of methoxy groups -OCH3 is 1. The van der Waals surface area contributed by atoms with Gasteiger partial charge in [-0.25, -0.2) is 0 Å². The molecule has 2 rings (SSSR count). The Bertz CT molecular complexity index is 545. The second kappa shape index (κ2) is 7.29. The lowest BCUT2D eigenvalue weighted by molar-refractivity contribution is 0.379. The Hall–Kier alpha value is -1.78. The van der Waals surface area contributed by atoms with E-state index in [4.69, 9.17) is 10.5 Å². The molecule has 2 N–H and O–H groups in total. The highest BCUT2D eigenvalue weighted by atomic mass is 16.5. The zero-order chi connectivity index (χ0) is 15.2. The summed E-state index contributed by atoms with van der Waals surface area (Å²) in [7, 11) is 5.85. The lowest BCUT2D eigenvalue weighted by Crippen LogP contribution is -2.22. The maximum Gasteiger partial charge on any atom is 0.118 e. The second-order valence-electron chi connectivity index (χ2n) is 5.59. The summed E-state index contributed by atoms with van der Waals surface area (Å²) in [5.74, 6) is 0.877. The molecule has 1 atom stereocenters. The van der Waals surface area contributed by atoms with Gasteiger partial charge in [0, 0.05) is 31.0 Å². The first kappa shape index (κ1) is 15.6. The lowest BCUT2D eigenvalue weighted by Gasteiger charge is -2.18. The summed E-state index contributed by atoms with van der Waals surface area (Å²) in [4.78, 5) is 2.18. The van der Waals surface area contributed by atoms with Gasteiger partial charge in [-0.05, 0) is 50.3 Å². The monoisotopic (exact) mass is 287 g/mol. The highest BCUT2D eigenvalue weighted by molar-refractivity contribution is 5.28. The molecule has 4 nitrogen and oxygen atoms in total. The Balaban J connectivity index is 2.02. The largest absolute Gasteiger partial charge is 0.497 e. The van der Waals surface area contributed by atoms with Crippen molar-refractivity contribution in [2.24, 2.45) is 5.73 Å². The third kappa shape index (κ3) is 4.34. The van der Waals surface area contributed by atoms with Gasteiger partial charge in [-0.3, -0.25) is 0 Å². The predicted molar refractivity (Wildman–Crippen MR) is 86.6 cm³/mol. The Labute approximate surface area is 127 Å². The molecule has 0 aliphatic rings. The van der Waals surface area contributed by atoms with Crippen molar-refractivity contribution in [2.45, 2.75) is 19.0 Å². The van der Waals surface area contributed by atoms with E-state index < -0.39 is 0 Å². The number of nitrogens with zero attached hydrogens (tertiary/aromatic N) is 2. The minimum atomic E-state index is 0.00978. The van der Waals surface area contributed by atoms with Gasteiger partial charge >= 0.3 is 0 Å². The SMILES string of the molecule is COc1ccc(CC(N)c2cccn2CCN(C)C)cc1. The third-order valence-electron chi connectivity index (χ3n) is 3.65. The molecule has 0 saturated carbocycles. The predicted octanol–water partition coefficient (Wildman–Crippen LogP) is 2.30. The van der Waals surface area contributed by atoms with E-state index in [1.54, 1.807) is 7.11 Å². The van der Waals surface area contributed by atoms with Crippen molar-refractivity contribution in [2.75, 3.05) is 27.7 Å². The van der Waals surface area contributed by atoms with Crippen LogP contribution in [0, 0.1) is 0 Å². The fourth-order valence-electron chi connectivity index (χ4n) is 2.40. The molecular weight excluding hydrogens is 262 g/mol. The van der Waals surface area contributed by atoms with Crippen LogP contribution < -0.4 is 10.5 Å². The van der Waals surface area contributed by atoms with Crippen LogP contribution in [0.5, 0.6) is 5.75 Å². The average Bonchev–Trinajstić information content (AvgIpc) is 2.94. The van der Waals surface area contributed by atoms with Crippen LogP contribution in [0.15, 0.2) is 42.6 Å². The van der Waals surface area contributed by atoms with Crippen molar-refractivity contribution >= 4 is 0 Å². The van der Waals surface area contributed by atoms with Crippen LogP contribution in [0.4, 0.5) is 0 Å². The molecular formula is C17H25N3O. The molecule has 0 aliphatic heterocycles. The molecule has 0 spiro atoms. The Morgan fingerprint density at radius 3 is 2.52 bits per heavy atom. The Morgan fingerprint density at radius 2 is 1.90 bits per heavy atom. The molecule has 114 valence electrons. The van der Waals surface area contributed by atoms with Crippen molar-refractivity contribution in [3.63, 3.8) is 0 Å². The minimum absolute atomic E-state index is 0.00978. The van der Waals surface area contributed by atoms with Gasteiger partial charge in [0.1, 0.15) is 5.75 Å². The third-order valence-corrected chi connectivity index (χ3v) is 3.65. The summed E-state index contributed by atoms with van der Waals surface area (Å²) in [6.45, 7) is 1.97. The minimum Gasteiger partial charge on any atom is -0.497 e. The molecule has 2 aromatic rings. The van der Waals surface area contributed by atoms with E-state index in [1.807, 2.05) is 12.1 Å². The molecule has 1 aromatic carbocycles. The summed E-state index contributed by atoms with van der Waals surface area (Å²) < 4.78 is 7.42. The first-order valence-corrected chi connectivity index (χ1v) is 7.28. The number of hydrogen-bond donors (Lipinski definition) is 1. The highest BCUT2D eigenvalue weighted by Crippen LogP contribution is 2.19. The van der Waals surface area contributed by atoms with Gasteiger partial charge in [-0.15, -0.1) is 0 Å². The second-order valence-corrected chi connectivity index (χ2v) is 5.59. The van der Waals surface area contributed by atoms with E-state index in [0.717, 1.165) is 25.3 Å². The van der Waals surface area contributed by atoms with Gasteiger partial charge in [0.25, 0.3) is 0 Å². The van der Waals surface area contributed by atoms with E-state index in [0.29, 0.717) is 0 Å². The molecule has 0 bridgehead atoms. The highest BCUT2D eigenvalue weighted by Gasteiger charge is 2.11. The smallest absolute Gasteiger partial charge is 0.118 e. The van der Waals surface area contributed by atoms with Crippen LogP contribution in [0.25, 0.3) is 0 Å². The van der Waals surface area contributed by atoms with E-state index in [1.165, 1.54) is 11.3 Å². The topological polar surface area (TPSA) is 43.4 Å². The molecule has 0 radical (unpaired) electrons. The number of benzene rings is 1. The van der Waals surface area contributed by atoms with Crippen molar-refractivity contribution in [3.8, 4) is 5.75 Å². The number of ether oxygens (including phenoxy) is 1. The molecule has 0 saturated heterocycles. The van der Waals surface area contributed by atoms with Crippen LogP contribution in [0.2, 0.25) is 0 Å². The van der Waals surface area contributed by atoms with Crippen molar-refractivity contribution < 1.29 is 4.74 Å². The molecule has 0 amide bonds. The lowest BCUT2D eigenvalue weighted by atomic mass is 10.0. The van der Waals surface area contributed by atoms with Crippen molar-refractivity contribution in [1.82, 2.24) is 9.47 Å². The van der Waals surface area contributed by atoms with Gasteiger partial charge in [-0.1, -0.05) is 12.1 Å². The average molecular weight is 287 g/mol. The van der Waals surface area contributed by atoms with Crippen molar-refractivity contribution in [3.05, 3.63) is 53.9 Å². The van der Waals surface area contributed by atoms with E-state index in [-0.39, 0.29) is 6.04 Å². The summed E-state index contributed by atoms with van der Waals surface area (Å²) in [5, 5.41) is 0. The van der Waals surface area contributed by atoms with Crippen LogP contribution in [0.3, 0.4) is 0 Å². The first-order chi connectivity index (χ1) is 10.1. The Morgan fingerprint density at radius 1 is 1.19 bits per heavy atom. The van der Waals surface area contributed by atoms with E-state index in [9.17, 15) is 0 Å². The molecule has 21 heavy (non-hydrogen) atoms. The van der Waals surface area contributed by atoms with Crippen LogP contribution in [-0.2, 0) is 13.0 Å². The standard InChI is InChI=1S/C17H25N3O/c1-19(2)11-12-20-10-4-5-17(20)16(18)13-14-6-8-15(21-3)9-7-14/h4-10,16H,11-13,18H2,1-3H3. The Kier molecular flexibility index (Phi) is 5.42. The molecule has 0 fully saturated rings. The van der Waals surface area contributed by atoms with Crippen molar-refractivity contribution in [1.29, 1.82) is 0 Å². The van der Waals surface area contributed by atoms with Gasteiger partial charge < -0.3 is 19.9 Å². The molecule has 4 heteroatoms. The fourth-order valence-corrected chi connectivity index (χ4v) is 2.40. The number of aromatic nitrogens is 1. The van der Waals surface area contributed by atoms with E-state index >= 15 is 0 Å². The molecule has 1 aromatic heterocycles. The summed E-state index contributed by atoms with van der Waals surface area (Å²) in [6.07, 6.45) is 2.93. The number of likely N-dealkylation sites (N-methyl/N-ethyl adjacent to an activating group) is 1. The molecule has 0 aliphatic carbocycles. The molecule has 1 unspecified atom stereocenters. The van der Waals surface area contributed by atoms with Crippen LogP contribution in [-0.4, -0.2) is 37.2 Å². The zero-order valence-corrected chi connectivity index (χ0v) is 13.1. The normalized spacial score (nSPS) is 12.6. The van der Waals surface area contributed by atoms with Gasteiger partial charge in [0.15, 0.2) is 0 Å². The van der Waals surface area contributed by atoms with E-state index in [2.05, 4.69) is 54.0 Å². The summed E-state index contributed by atoms with van der Waals surface area (Å²) in [5.41, 5.74) is 8.80. The summed E-state index contributed by atoms with van der Waals surface area (Å²) >= 11 is 0. The van der Waals surface area contributed by atoms with Gasteiger partial charge in [-0.2, -0.15) is 0 Å². The zero-order valence-electron chi connectivity index (χ0n) is 13.1. The number of hydrogen-bond acceptors (Lipinski definition) is 3. The van der Waals surface area contributed by atoms with Gasteiger partial charge in [0.05, 0.1) is 7.11 Å². The quantitative estimate of drug-likeness (QED) is 0.850. The molecule has 1 heterocycles. The maximum atomic E-state index is 6.38. The maximum absolute atomic E-state index is 6.38. The van der Waals surface area contributed by atoms with Crippen LogP contribution >= 0.6 is 0 Å². The van der Waals surface area contributed by atoms with Crippen LogP contribution in [0.1, 0.15) is 17.3 Å². The first-order valence-electron chi connectivity index (χ1n) is 7.28. The number of nitrogens with two attached hydrogens (primary N) is 1. The van der Waals surface area contributed by atoms with Gasteiger partial charge in [0.2, 0.25) is 0 Å².